The summed E-state index contributed by atoms with van der Waals surface area (Å²) in [5, 5.41) is 3.48. The number of hydrogen-bond acceptors (Lipinski definition) is 2. The van der Waals surface area contributed by atoms with E-state index in [-0.39, 0.29) is 17.9 Å². The van der Waals surface area contributed by atoms with Crippen molar-refractivity contribution in [3.05, 3.63) is 58.2 Å². The zero-order valence-electron chi connectivity index (χ0n) is 11.0. The molecule has 0 aliphatic rings. The molecule has 102 valence electrons. The van der Waals surface area contributed by atoms with Gasteiger partial charge in [-0.05, 0) is 59.6 Å². The summed E-state index contributed by atoms with van der Waals surface area (Å²) in [5.41, 5.74) is 1.06. The molecule has 0 saturated carbocycles. The van der Waals surface area contributed by atoms with Gasteiger partial charge in [0.2, 0.25) is 0 Å². The topological polar surface area (TPSA) is 25.2 Å². The summed E-state index contributed by atoms with van der Waals surface area (Å²) >= 11 is 3.21. The standard InChI is InChI=1S/C15H17BrFNO/c1-10(8-13-4-3-7-19-13)18-11(2)12-5-6-15(17)14(16)9-12/h3-7,9-11,18H,8H2,1-2H3. The molecule has 2 atom stereocenters. The average molecular weight is 326 g/mol. The zero-order valence-corrected chi connectivity index (χ0v) is 12.6. The first kappa shape index (κ1) is 14.3. The van der Waals surface area contributed by atoms with Crippen LogP contribution in [0.5, 0.6) is 0 Å². The van der Waals surface area contributed by atoms with Crippen LogP contribution >= 0.6 is 15.9 Å². The second-order valence-corrected chi connectivity index (χ2v) is 5.60. The maximum Gasteiger partial charge on any atom is 0.137 e. The Balaban J connectivity index is 1.96. The fourth-order valence-electron chi connectivity index (χ4n) is 2.09. The van der Waals surface area contributed by atoms with Crippen molar-refractivity contribution in [2.45, 2.75) is 32.4 Å². The third-order valence-electron chi connectivity index (χ3n) is 3.07. The van der Waals surface area contributed by atoms with Gasteiger partial charge in [0.05, 0.1) is 10.7 Å². The zero-order chi connectivity index (χ0) is 13.8. The van der Waals surface area contributed by atoms with Crippen molar-refractivity contribution < 1.29 is 8.81 Å². The first-order valence-corrected chi connectivity index (χ1v) is 7.09. The van der Waals surface area contributed by atoms with Crippen LogP contribution in [0.3, 0.4) is 0 Å². The minimum Gasteiger partial charge on any atom is -0.469 e. The fourth-order valence-corrected chi connectivity index (χ4v) is 2.49. The van der Waals surface area contributed by atoms with Gasteiger partial charge >= 0.3 is 0 Å². The number of rotatable bonds is 5. The van der Waals surface area contributed by atoms with Crippen LogP contribution in [0.15, 0.2) is 45.5 Å². The van der Waals surface area contributed by atoms with Gasteiger partial charge in [-0.2, -0.15) is 0 Å². The third kappa shape index (κ3) is 3.91. The van der Waals surface area contributed by atoms with Gasteiger partial charge in [-0.25, -0.2) is 4.39 Å². The van der Waals surface area contributed by atoms with E-state index >= 15 is 0 Å². The van der Waals surface area contributed by atoms with Crippen LogP contribution in [0.25, 0.3) is 0 Å². The summed E-state index contributed by atoms with van der Waals surface area (Å²) in [6.45, 7) is 4.18. The molecule has 2 rings (SSSR count). The highest BCUT2D eigenvalue weighted by Crippen LogP contribution is 2.21. The van der Waals surface area contributed by atoms with Crippen molar-refractivity contribution >= 4 is 15.9 Å². The second-order valence-electron chi connectivity index (χ2n) is 4.75. The molecule has 0 saturated heterocycles. The van der Waals surface area contributed by atoms with Gasteiger partial charge in [-0.3, -0.25) is 0 Å². The highest BCUT2D eigenvalue weighted by molar-refractivity contribution is 9.10. The third-order valence-corrected chi connectivity index (χ3v) is 3.67. The Bertz CT molecular complexity index is 527. The van der Waals surface area contributed by atoms with Crippen LogP contribution < -0.4 is 5.32 Å². The molecule has 0 fully saturated rings. The summed E-state index contributed by atoms with van der Waals surface area (Å²) in [4.78, 5) is 0. The number of hydrogen-bond donors (Lipinski definition) is 1. The van der Waals surface area contributed by atoms with Gasteiger partial charge in [0.25, 0.3) is 0 Å². The van der Waals surface area contributed by atoms with Crippen LogP contribution in [0, 0.1) is 5.82 Å². The van der Waals surface area contributed by atoms with Crippen molar-refractivity contribution in [3.8, 4) is 0 Å². The number of nitrogens with one attached hydrogen (secondary N) is 1. The highest BCUT2D eigenvalue weighted by Gasteiger charge is 2.12. The summed E-state index contributed by atoms with van der Waals surface area (Å²) < 4.78 is 19.0. The van der Waals surface area contributed by atoms with Crippen molar-refractivity contribution in [2.75, 3.05) is 0 Å². The summed E-state index contributed by atoms with van der Waals surface area (Å²) in [7, 11) is 0. The lowest BCUT2D eigenvalue weighted by atomic mass is 10.1. The molecule has 0 aliphatic carbocycles. The van der Waals surface area contributed by atoms with Crippen molar-refractivity contribution in [2.24, 2.45) is 0 Å². The van der Waals surface area contributed by atoms with Gasteiger partial charge in [0.15, 0.2) is 0 Å². The lowest BCUT2D eigenvalue weighted by molar-refractivity contribution is 0.428. The molecule has 4 heteroatoms. The lowest BCUT2D eigenvalue weighted by Gasteiger charge is -2.20. The molecule has 0 amide bonds. The molecule has 0 radical (unpaired) electrons. The Morgan fingerprint density at radius 1 is 1.32 bits per heavy atom. The van der Waals surface area contributed by atoms with Crippen LogP contribution in [0.4, 0.5) is 4.39 Å². The van der Waals surface area contributed by atoms with E-state index in [1.807, 2.05) is 18.2 Å². The Kier molecular flexibility index (Phi) is 4.77. The molecule has 1 aromatic carbocycles. The second kappa shape index (κ2) is 6.35. The monoisotopic (exact) mass is 325 g/mol. The molecule has 1 heterocycles. The highest BCUT2D eigenvalue weighted by atomic mass is 79.9. The van der Waals surface area contributed by atoms with Crippen LogP contribution in [-0.4, -0.2) is 6.04 Å². The Morgan fingerprint density at radius 2 is 2.11 bits per heavy atom. The van der Waals surface area contributed by atoms with Gasteiger partial charge < -0.3 is 9.73 Å². The van der Waals surface area contributed by atoms with Crippen LogP contribution in [0.1, 0.15) is 31.2 Å². The number of benzene rings is 1. The molecule has 19 heavy (non-hydrogen) atoms. The molecule has 2 unspecified atom stereocenters. The van der Waals surface area contributed by atoms with Gasteiger partial charge in [0.1, 0.15) is 11.6 Å². The fraction of sp³-hybridized carbons (Fsp3) is 0.333. The SMILES string of the molecule is CC(Cc1ccco1)NC(C)c1ccc(F)c(Br)c1. The molecule has 0 spiro atoms. The van der Waals surface area contributed by atoms with Crippen molar-refractivity contribution in [1.82, 2.24) is 5.32 Å². The smallest absolute Gasteiger partial charge is 0.137 e. The maximum absolute atomic E-state index is 13.2. The normalized spacial score (nSPS) is 14.3. The first-order chi connectivity index (χ1) is 9.06. The molecular formula is C15H17BrFNO. The summed E-state index contributed by atoms with van der Waals surface area (Å²) in [6, 6.07) is 9.39. The van der Waals surface area contributed by atoms with E-state index < -0.39 is 0 Å². The van der Waals surface area contributed by atoms with Crippen molar-refractivity contribution in [1.29, 1.82) is 0 Å². The minimum atomic E-state index is -0.236. The number of halogens is 2. The lowest BCUT2D eigenvalue weighted by Crippen LogP contribution is -2.30. The number of furan rings is 1. The summed E-state index contributed by atoms with van der Waals surface area (Å²) in [5.74, 6) is 0.729. The molecule has 0 aliphatic heterocycles. The van der Waals surface area contributed by atoms with Gasteiger partial charge in [-0.1, -0.05) is 6.07 Å². The van der Waals surface area contributed by atoms with E-state index in [9.17, 15) is 4.39 Å². The van der Waals surface area contributed by atoms with E-state index in [1.54, 1.807) is 12.3 Å². The maximum atomic E-state index is 13.2. The van der Waals surface area contributed by atoms with Crippen molar-refractivity contribution in [3.63, 3.8) is 0 Å². The van der Waals surface area contributed by atoms with E-state index in [0.717, 1.165) is 17.7 Å². The average Bonchev–Trinajstić information content (AvgIpc) is 2.85. The molecule has 1 N–H and O–H groups in total. The molecule has 2 nitrogen and oxygen atoms in total. The molecular weight excluding hydrogens is 309 g/mol. The Labute approximate surface area is 121 Å². The van der Waals surface area contributed by atoms with Gasteiger partial charge in [0, 0.05) is 18.5 Å². The van der Waals surface area contributed by atoms with E-state index in [2.05, 4.69) is 35.1 Å². The van der Waals surface area contributed by atoms with Crippen LogP contribution in [0.2, 0.25) is 0 Å². The van der Waals surface area contributed by atoms with E-state index in [1.165, 1.54) is 6.07 Å². The minimum absolute atomic E-state index is 0.155. The molecule has 1 aromatic heterocycles. The summed E-state index contributed by atoms with van der Waals surface area (Å²) in [6.07, 6.45) is 2.52. The first-order valence-electron chi connectivity index (χ1n) is 6.29. The molecule has 2 aromatic rings. The predicted molar refractivity (Wildman–Crippen MR) is 77.5 cm³/mol. The van der Waals surface area contributed by atoms with Crippen LogP contribution in [-0.2, 0) is 6.42 Å². The molecule has 0 bridgehead atoms. The van der Waals surface area contributed by atoms with Gasteiger partial charge in [-0.15, -0.1) is 0 Å². The Hall–Kier alpha value is -1.13. The quantitative estimate of drug-likeness (QED) is 0.877. The van der Waals surface area contributed by atoms with E-state index in [0.29, 0.717) is 4.47 Å². The Morgan fingerprint density at radius 3 is 2.74 bits per heavy atom. The predicted octanol–water partition coefficient (Wildman–Crippen LogP) is 4.46. The van der Waals surface area contributed by atoms with E-state index in [4.69, 9.17) is 4.42 Å². The largest absolute Gasteiger partial charge is 0.469 e.